The van der Waals surface area contributed by atoms with E-state index in [1.165, 1.54) is 19.3 Å². The van der Waals surface area contributed by atoms with E-state index >= 15 is 0 Å². The number of carbonyl (C=O) groups excluding carboxylic acids is 2. The van der Waals surface area contributed by atoms with Crippen LogP contribution in [0.4, 0.5) is 0 Å². The van der Waals surface area contributed by atoms with Crippen molar-refractivity contribution in [2.75, 3.05) is 6.61 Å². The van der Waals surface area contributed by atoms with Gasteiger partial charge in [0.15, 0.2) is 6.61 Å². The Bertz CT molecular complexity index is 654. The first-order valence-corrected chi connectivity index (χ1v) is 10.6. The van der Waals surface area contributed by atoms with Crippen LogP contribution < -0.4 is 5.32 Å². The van der Waals surface area contributed by atoms with E-state index in [1.54, 1.807) is 6.92 Å². The van der Waals surface area contributed by atoms with E-state index in [4.69, 9.17) is 4.74 Å². The molecular formula is C20H27BrN2O3. The highest BCUT2D eigenvalue weighted by Crippen LogP contribution is 2.65. The molecule has 0 aromatic heterocycles. The molecule has 5 rings (SSSR count). The summed E-state index contributed by atoms with van der Waals surface area (Å²) in [5.41, 5.74) is -0.790. The van der Waals surface area contributed by atoms with Gasteiger partial charge in [0.1, 0.15) is 5.54 Å². The Kier molecular flexibility index (Phi) is 4.38. The largest absolute Gasteiger partial charge is 0.456 e. The number of hydrogen-bond acceptors (Lipinski definition) is 4. The molecule has 142 valence electrons. The third-order valence-electron chi connectivity index (χ3n) is 7.02. The van der Waals surface area contributed by atoms with E-state index in [1.807, 2.05) is 0 Å². The van der Waals surface area contributed by atoms with Gasteiger partial charge in [-0.15, -0.1) is 0 Å². The summed E-state index contributed by atoms with van der Waals surface area (Å²) in [7, 11) is 0. The first-order chi connectivity index (χ1) is 12.2. The number of alkyl halides is 1. The number of carbonyl (C=O) groups is 2. The van der Waals surface area contributed by atoms with Crippen LogP contribution in [0.1, 0.15) is 64.7 Å². The van der Waals surface area contributed by atoms with Crippen molar-refractivity contribution in [2.45, 2.75) is 74.6 Å². The van der Waals surface area contributed by atoms with Gasteiger partial charge in [-0.1, -0.05) is 15.9 Å². The molecule has 0 aromatic carbocycles. The molecule has 5 nitrogen and oxygen atoms in total. The smallest absolute Gasteiger partial charge is 0.306 e. The highest BCUT2D eigenvalue weighted by atomic mass is 79.9. The molecule has 0 heterocycles. The van der Waals surface area contributed by atoms with Crippen LogP contribution in [0.3, 0.4) is 0 Å². The Morgan fingerprint density at radius 3 is 2.46 bits per heavy atom. The molecule has 5 atom stereocenters. The molecule has 0 spiro atoms. The summed E-state index contributed by atoms with van der Waals surface area (Å²) < 4.78 is 5.51. The molecule has 5 saturated carbocycles. The summed E-state index contributed by atoms with van der Waals surface area (Å²) >= 11 is 3.96. The van der Waals surface area contributed by atoms with Gasteiger partial charge in [0.05, 0.1) is 12.5 Å². The van der Waals surface area contributed by atoms with Gasteiger partial charge < -0.3 is 10.1 Å². The van der Waals surface area contributed by atoms with Crippen LogP contribution >= 0.6 is 15.9 Å². The summed E-state index contributed by atoms with van der Waals surface area (Å²) in [4.78, 5) is 24.6. The fourth-order valence-electron chi connectivity index (χ4n) is 6.25. The molecule has 0 radical (unpaired) electrons. The van der Waals surface area contributed by atoms with Gasteiger partial charge in [-0.2, -0.15) is 5.26 Å². The van der Waals surface area contributed by atoms with E-state index in [0.29, 0.717) is 6.42 Å². The lowest BCUT2D eigenvalue weighted by atomic mass is 9.49. The SMILES string of the molecule is C[C@](C#N)(NC(=O)COC(=O)CC12C[C@@H]3C[C@@H](CC(Br)(C3)C1)C2)C1CC1. The fraction of sp³-hybridized carbons (Fsp3) is 0.850. The molecule has 26 heavy (non-hydrogen) atoms. The number of ether oxygens (including phenoxy) is 1. The average molecular weight is 423 g/mol. The standard InChI is InChI=1S/C20H27BrN2O3/c1-18(12-22,15-2-3-15)23-16(24)10-26-17(25)9-19-5-13-4-14(6-19)8-20(21,7-13)11-19/h13-15H,2-11H2,1H3,(H,23,24)/t13-,14+,18-,19?,20?/m1/s1. The Morgan fingerprint density at radius 1 is 1.27 bits per heavy atom. The predicted molar refractivity (Wildman–Crippen MR) is 99.2 cm³/mol. The van der Waals surface area contributed by atoms with E-state index in [9.17, 15) is 14.9 Å². The monoisotopic (exact) mass is 422 g/mol. The first-order valence-electron chi connectivity index (χ1n) is 9.80. The second kappa shape index (κ2) is 6.22. The summed E-state index contributed by atoms with van der Waals surface area (Å²) in [6, 6.07) is 2.19. The fourth-order valence-corrected chi connectivity index (χ4v) is 7.76. The van der Waals surface area contributed by atoms with Crippen molar-refractivity contribution in [1.82, 2.24) is 5.32 Å². The Morgan fingerprint density at radius 2 is 1.92 bits per heavy atom. The summed E-state index contributed by atoms with van der Waals surface area (Å²) in [6.45, 7) is 1.46. The minimum atomic E-state index is -0.842. The molecule has 2 unspecified atom stereocenters. The van der Waals surface area contributed by atoms with Crippen LogP contribution in [-0.2, 0) is 14.3 Å². The lowest BCUT2D eigenvalue weighted by Gasteiger charge is -2.60. The molecule has 1 N–H and O–H groups in total. The van der Waals surface area contributed by atoms with Crippen molar-refractivity contribution < 1.29 is 14.3 Å². The molecule has 0 aromatic rings. The third kappa shape index (κ3) is 3.52. The zero-order valence-corrected chi connectivity index (χ0v) is 16.9. The summed E-state index contributed by atoms with van der Waals surface area (Å²) in [6.07, 6.45) is 9.39. The Balaban J connectivity index is 1.29. The highest BCUT2D eigenvalue weighted by Gasteiger charge is 2.57. The topological polar surface area (TPSA) is 79.2 Å². The van der Waals surface area contributed by atoms with Gasteiger partial charge >= 0.3 is 5.97 Å². The third-order valence-corrected chi connectivity index (χ3v) is 7.95. The lowest BCUT2D eigenvalue weighted by Crippen LogP contribution is -2.53. The number of halogens is 1. The van der Waals surface area contributed by atoms with Gasteiger partial charge in [0.25, 0.3) is 5.91 Å². The van der Waals surface area contributed by atoms with Crippen LogP contribution in [0.2, 0.25) is 0 Å². The number of nitrogens with zero attached hydrogens (tertiary/aromatic N) is 1. The highest BCUT2D eigenvalue weighted by molar-refractivity contribution is 9.10. The van der Waals surface area contributed by atoms with Crippen LogP contribution in [0.5, 0.6) is 0 Å². The second-order valence-electron chi connectivity index (χ2n) is 9.59. The number of nitrogens with one attached hydrogen (secondary N) is 1. The van der Waals surface area contributed by atoms with Gasteiger partial charge in [-0.05, 0) is 81.5 Å². The summed E-state index contributed by atoms with van der Waals surface area (Å²) in [5, 5.41) is 12.1. The van der Waals surface area contributed by atoms with Crippen LogP contribution in [0.25, 0.3) is 0 Å². The van der Waals surface area contributed by atoms with Crippen molar-refractivity contribution in [3.05, 3.63) is 0 Å². The first kappa shape index (κ1) is 18.3. The van der Waals surface area contributed by atoms with Crippen molar-refractivity contribution >= 4 is 27.8 Å². The zero-order chi connectivity index (χ0) is 18.6. The molecule has 5 fully saturated rings. The molecule has 5 aliphatic rings. The minimum absolute atomic E-state index is 0.0519. The van der Waals surface area contributed by atoms with Crippen molar-refractivity contribution in [1.29, 1.82) is 5.26 Å². The normalized spacial score (nSPS) is 39.7. The van der Waals surface area contributed by atoms with E-state index in [0.717, 1.165) is 43.9 Å². The van der Waals surface area contributed by atoms with Crippen molar-refractivity contribution in [3.8, 4) is 6.07 Å². The zero-order valence-electron chi connectivity index (χ0n) is 15.4. The Labute approximate surface area is 163 Å². The maximum atomic E-state index is 12.4. The molecule has 1 amide bonds. The quantitative estimate of drug-likeness (QED) is 0.524. The minimum Gasteiger partial charge on any atom is -0.456 e. The Hall–Kier alpha value is -1.09. The van der Waals surface area contributed by atoms with Gasteiger partial charge in [0.2, 0.25) is 0 Å². The molecular weight excluding hydrogens is 396 g/mol. The van der Waals surface area contributed by atoms with Crippen molar-refractivity contribution in [3.63, 3.8) is 0 Å². The van der Waals surface area contributed by atoms with E-state index in [-0.39, 0.29) is 34.1 Å². The van der Waals surface area contributed by atoms with Gasteiger partial charge in [-0.3, -0.25) is 9.59 Å². The number of amides is 1. The van der Waals surface area contributed by atoms with Crippen molar-refractivity contribution in [2.24, 2.45) is 23.2 Å². The molecule has 5 aliphatic carbocycles. The molecule has 0 aliphatic heterocycles. The maximum Gasteiger partial charge on any atom is 0.306 e. The maximum absolute atomic E-state index is 12.4. The number of esters is 1. The average Bonchev–Trinajstić information content (AvgIpc) is 3.35. The molecule has 4 bridgehead atoms. The van der Waals surface area contributed by atoms with E-state index in [2.05, 4.69) is 27.3 Å². The van der Waals surface area contributed by atoms with Crippen LogP contribution in [0, 0.1) is 34.5 Å². The van der Waals surface area contributed by atoms with Gasteiger partial charge in [0, 0.05) is 4.32 Å². The van der Waals surface area contributed by atoms with Gasteiger partial charge in [-0.25, -0.2) is 0 Å². The molecule has 0 saturated heterocycles. The van der Waals surface area contributed by atoms with E-state index < -0.39 is 5.54 Å². The summed E-state index contributed by atoms with van der Waals surface area (Å²) in [5.74, 6) is 1.01. The number of nitriles is 1. The molecule has 6 heteroatoms. The predicted octanol–water partition coefficient (Wildman–Crippen LogP) is 3.46. The number of rotatable bonds is 6. The van der Waals surface area contributed by atoms with Crippen LogP contribution in [0.15, 0.2) is 0 Å². The van der Waals surface area contributed by atoms with Crippen LogP contribution in [-0.4, -0.2) is 28.3 Å². The lowest BCUT2D eigenvalue weighted by molar-refractivity contribution is -0.155. The second-order valence-corrected chi connectivity index (χ2v) is 11.3. The number of hydrogen-bond donors (Lipinski definition) is 1.